The molecule has 1 N–H and O–H groups in total. The zero-order valence-corrected chi connectivity index (χ0v) is 9.00. The maximum atomic E-state index is 13.6. The van der Waals surface area contributed by atoms with Gasteiger partial charge in [0.25, 0.3) is 0 Å². The van der Waals surface area contributed by atoms with Gasteiger partial charge < -0.3 is 4.74 Å². The Hall–Kier alpha value is -1.91. The summed E-state index contributed by atoms with van der Waals surface area (Å²) in [4.78, 5) is 11.5. The van der Waals surface area contributed by atoms with Crippen LogP contribution in [0.4, 0.5) is 4.39 Å². The van der Waals surface area contributed by atoms with E-state index in [1.165, 1.54) is 6.07 Å². The molecule has 0 radical (unpaired) electrons. The highest BCUT2D eigenvalue weighted by Crippen LogP contribution is 2.23. The second kappa shape index (κ2) is 3.92. The fraction of sp³-hybridized carbons (Fsp3) is 0.273. The standard InChI is InChI=1S/C11H11FN2O2/c1-3-16-11(15)10-8-7(12)5-4-6(2)9(8)13-14-10/h4-5H,3H2,1-2H3,(H,13,14). The monoisotopic (exact) mass is 222 g/mol. The predicted octanol–water partition coefficient (Wildman–Crippen LogP) is 2.19. The summed E-state index contributed by atoms with van der Waals surface area (Å²) in [7, 11) is 0. The van der Waals surface area contributed by atoms with Crippen LogP contribution in [0.2, 0.25) is 0 Å². The summed E-state index contributed by atoms with van der Waals surface area (Å²) in [6.07, 6.45) is 0. The lowest BCUT2D eigenvalue weighted by Crippen LogP contribution is -2.06. The Morgan fingerprint density at radius 3 is 3.00 bits per heavy atom. The number of halogens is 1. The predicted molar refractivity (Wildman–Crippen MR) is 56.7 cm³/mol. The van der Waals surface area contributed by atoms with E-state index in [2.05, 4.69) is 10.2 Å². The van der Waals surface area contributed by atoms with Crippen molar-refractivity contribution in [2.45, 2.75) is 13.8 Å². The number of nitrogens with one attached hydrogen (secondary N) is 1. The molecule has 0 aliphatic carbocycles. The minimum Gasteiger partial charge on any atom is -0.461 e. The third-order valence-corrected chi connectivity index (χ3v) is 2.34. The molecule has 0 saturated heterocycles. The summed E-state index contributed by atoms with van der Waals surface area (Å²) < 4.78 is 18.4. The summed E-state index contributed by atoms with van der Waals surface area (Å²) in [5.41, 5.74) is 1.34. The van der Waals surface area contributed by atoms with Gasteiger partial charge in [-0.2, -0.15) is 5.10 Å². The van der Waals surface area contributed by atoms with Gasteiger partial charge in [-0.05, 0) is 25.5 Å². The lowest BCUT2D eigenvalue weighted by Gasteiger charge is -2.00. The van der Waals surface area contributed by atoms with Gasteiger partial charge in [0.1, 0.15) is 5.82 Å². The van der Waals surface area contributed by atoms with E-state index in [0.29, 0.717) is 5.52 Å². The second-order valence-corrected chi connectivity index (χ2v) is 3.41. The second-order valence-electron chi connectivity index (χ2n) is 3.41. The van der Waals surface area contributed by atoms with Crippen LogP contribution in [-0.2, 0) is 4.74 Å². The molecule has 0 atom stereocenters. The summed E-state index contributed by atoms with van der Waals surface area (Å²) >= 11 is 0. The molecule has 2 aromatic rings. The van der Waals surface area contributed by atoms with Gasteiger partial charge in [0, 0.05) is 0 Å². The molecule has 2 rings (SSSR count). The van der Waals surface area contributed by atoms with Gasteiger partial charge >= 0.3 is 5.97 Å². The molecule has 5 heteroatoms. The van der Waals surface area contributed by atoms with Crippen molar-refractivity contribution in [3.63, 3.8) is 0 Å². The van der Waals surface area contributed by atoms with E-state index >= 15 is 0 Å². The first-order chi connectivity index (χ1) is 7.65. The summed E-state index contributed by atoms with van der Waals surface area (Å²) in [5.74, 6) is -1.06. The van der Waals surface area contributed by atoms with Crippen LogP contribution in [-0.4, -0.2) is 22.8 Å². The molecule has 1 aromatic heterocycles. The normalized spacial score (nSPS) is 10.7. The Labute approximate surface area is 91.4 Å². The van der Waals surface area contributed by atoms with Crippen LogP contribution in [0, 0.1) is 12.7 Å². The molecular formula is C11H11FN2O2. The Bertz CT molecular complexity index is 548. The fourth-order valence-electron chi connectivity index (χ4n) is 1.57. The fourth-order valence-corrected chi connectivity index (χ4v) is 1.57. The molecule has 0 spiro atoms. The van der Waals surface area contributed by atoms with Gasteiger partial charge in [0.2, 0.25) is 0 Å². The number of aromatic nitrogens is 2. The number of nitrogens with zero attached hydrogens (tertiary/aromatic N) is 1. The first kappa shape index (κ1) is 10.6. The first-order valence-electron chi connectivity index (χ1n) is 4.95. The van der Waals surface area contributed by atoms with Gasteiger partial charge in [0.05, 0.1) is 17.5 Å². The average Bonchev–Trinajstić information content (AvgIpc) is 2.69. The van der Waals surface area contributed by atoms with Gasteiger partial charge in [-0.15, -0.1) is 0 Å². The Balaban J connectivity index is 2.64. The van der Waals surface area contributed by atoms with E-state index in [1.54, 1.807) is 19.9 Å². The van der Waals surface area contributed by atoms with Crippen LogP contribution < -0.4 is 0 Å². The van der Waals surface area contributed by atoms with Crippen LogP contribution >= 0.6 is 0 Å². The number of benzene rings is 1. The van der Waals surface area contributed by atoms with Crippen molar-refractivity contribution in [3.8, 4) is 0 Å². The number of aryl methyl sites for hydroxylation is 1. The molecule has 0 saturated carbocycles. The largest absolute Gasteiger partial charge is 0.461 e. The lowest BCUT2D eigenvalue weighted by molar-refractivity contribution is 0.0521. The number of hydrogen-bond donors (Lipinski definition) is 1. The highest BCUT2D eigenvalue weighted by Gasteiger charge is 2.18. The molecular weight excluding hydrogens is 211 g/mol. The Kier molecular flexibility index (Phi) is 2.60. The van der Waals surface area contributed by atoms with Crippen molar-refractivity contribution in [1.82, 2.24) is 10.2 Å². The summed E-state index contributed by atoms with van der Waals surface area (Å²) in [5, 5.41) is 6.62. The molecule has 0 amide bonds. The SMILES string of the molecule is CCOC(=O)c1[nH]nc2c(C)ccc(F)c12. The van der Waals surface area contributed by atoms with E-state index < -0.39 is 11.8 Å². The minimum absolute atomic E-state index is 0.0676. The van der Waals surface area contributed by atoms with Crippen LogP contribution in [0.15, 0.2) is 12.1 Å². The van der Waals surface area contributed by atoms with Crippen LogP contribution in [0.5, 0.6) is 0 Å². The number of aromatic amines is 1. The van der Waals surface area contributed by atoms with E-state index in [4.69, 9.17) is 4.74 Å². The number of H-pyrrole nitrogens is 1. The zero-order valence-electron chi connectivity index (χ0n) is 9.00. The third kappa shape index (κ3) is 1.54. The Morgan fingerprint density at radius 2 is 2.31 bits per heavy atom. The van der Waals surface area contributed by atoms with Crippen LogP contribution in [0.25, 0.3) is 10.9 Å². The topological polar surface area (TPSA) is 55.0 Å². The number of fused-ring (bicyclic) bond motifs is 1. The molecule has 0 aliphatic heterocycles. The minimum atomic E-state index is -0.588. The summed E-state index contributed by atoms with van der Waals surface area (Å²) in [6.45, 7) is 3.74. The Morgan fingerprint density at radius 1 is 1.56 bits per heavy atom. The third-order valence-electron chi connectivity index (χ3n) is 2.34. The number of hydrogen-bond acceptors (Lipinski definition) is 3. The quantitative estimate of drug-likeness (QED) is 0.792. The number of rotatable bonds is 2. The highest BCUT2D eigenvalue weighted by atomic mass is 19.1. The molecule has 1 aromatic carbocycles. The van der Waals surface area contributed by atoms with Crippen LogP contribution in [0.3, 0.4) is 0 Å². The smallest absolute Gasteiger partial charge is 0.357 e. The van der Waals surface area contributed by atoms with Crippen molar-refractivity contribution in [2.75, 3.05) is 6.61 Å². The van der Waals surface area contributed by atoms with Gasteiger partial charge in [-0.25, -0.2) is 9.18 Å². The van der Waals surface area contributed by atoms with Crippen LogP contribution in [0.1, 0.15) is 23.0 Å². The number of carbonyl (C=O) groups excluding carboxylic acids is 1. The molecule has 84 valence electrons. The molecule has 0 aliphatic rings. The van der Waals surface area contributed by atoms with Gasteiger partial charge in [-0.3, -0.25) is 5.10 Å². The van der Waals surface area contributed by atoms with E-state index in [9.17, 15) is 9.18 Å². The maximum absolute atomic E-state index is 13.6. The number of esters is 1. The highest BCUT2D eigenvalue weighted by molar-refractivity contribution is 6.02. The summed E-state index contributed by atoms with van der Waals surface area (Å²) in [6, 6.07) is 2.93. The molecule has 0 bridgehead atoms. The molecule has 16 heavy (non-hydrogen) atoms. The van der Waals surface area contributed by atoms with E-state index in [0.717, 1.165) is 5.56 Å². The van der Waals surface area contributed by atoms with Crippen molar-refractivity contribution in [2.24, 2.45) is 0 Å². The van der Waals surface area contributed by atoms with E-state index in [-0.39, 0.29) is 17.7 Å². The number of ether oxygens (including phenoxy) is 1. The van der Waals surface area contributed by atoms with Crippen molar-refractivity contribution >= 4 is 16.9 Å². The molecule has 0 fully saturated rings. The maximum Gasteiger partial charge on any atom is 0.357 e. The van der Waals surface area contributed by atoms with E-state index in [1.807, 2.05) is 0 Å². The van der Waals surface area contributed by atoms with Crippen molar-refractivity contribution < 1.29 is 13.9 Å². The molecule has 0 unspecified atom stereocenters. The molecule has 4 nitrogen and oxygen atoms in total. The molecule has 1 heterocycles. The average molecular weight is 222 g/mol. The van der Waals surface area contributed by atoms with Crippen molar-refractivity contribution in [1.29, 1.82) is 0 Å². The lowest BCUT2D eigenvalue weighted by atomic mass is 10.1. The zero-order chi connectivity index (χ0) is 11.7. The first-order valence-corrected chi connectivity index (χ1v) is 4.95. The van der Waals surface area contributed by atoms with Gasteiger partial charge in [-0.1, -0.05) is 6.07 Å². The number of carbonyl (C=O) groups is 1. The van der Waals surface area contributed by atoms with Gasteiger partial charge in [0.15, 0.2) is 5.69 Å². The van der Waals surface area contributed by atoms with Crippen molar-refractivity contribution in [3.05, 3.63) is 29.2 Å².